The molecule has 146 valence electrons. The minimum absolute atomic E-state index is 0.00117. The molecule has 0 unspecified atom stereocenters. The van der Waals surface area contributed by atoms with Crippen molar-refractivity contribution < 1.29 is 9.59 Å². The molecular formula is C22H30N2O2S. The molecule has 1 aromatic heterocycles. The van der Waals surface area contributed by atoms with E-state index >= 15 is 0 Å². The van der Waals surface area contributed by atoms with Gasteiger partial charge in [-0.3, -0.25) is 9.59 Å². The van der Waals surface area contributed by atoms with Gasteiger partial charge in [0.05, 0.1) is 4.88 Å². The van der Waals surface area contributed by atoms with Crippen LogP contribution in [0.4, 0.5) is 0 Å². The van der Waals surface area contributed by atoms with E-state index in [4.69, 9.17) is 0 Å². The Morgan fingerprint density at radius 2 is 1.74 bits per heavy atom. The quantitative estimate of drug-likeness (QED) is 0.536. The van der Waals surface area contributed by atoms with Gasteiger partial charge in [0.25, 0.3) is 11.8 Å². The lowest BCUT2D eigenvalue weighted by Gasteiger charge is -2.35. The first kappa shape index (κ1) is 21.3. The maximum absolute atomic E-state index is 13.3. The highest BCUT2D eigenvalue weighted by atomic mass is 32.1. The Labute approximate surface area is 166 Å². The molecule has 0 saturated carbocycles. The van der Waals surface area contributed by atoms with Gasteiger partial charge in [0.2, 0.25) is 0 Å². The SMILES string of the molecule is CCC[C@H](NN(C(=O)c1cc(C)cc(C)c1)C(=O)c1cccs1)C(C)(C)C. The van der Waals surface area contributed by atoms with Crippen LogP contribution in [-0.4, -0.2) is 22.9 Å². The predicted octanol–water partition coefficient (Wildman–Crippen LogP) is 5.37. The van der Waals surface area contributed by atoms with Crippen molar-refractivity contribution in [1.29, 1.82) is 0 Å². The van der Waals surface area contributed by atoms with Crippen LogP contribution in [0.3, 0.4) is 0 Å². The van der Waals surface area contributed by atoms with E-state index in [1.54, 1.807) is 6.07 Å². The molecule has 4 nitrogen and oxygen atoms in total. The number of carbonyl (C=O) groups excluding carboxylic acids is 2. The average Bonchev–Trinajstić information content (AvgIpc) is 3.10. The Kier molecular flexibility index (Phi) is 6.95. The van der Waals surface area contributed by atoms with Crippen LogP contribution in [0, 0.1) is 19.3 Å². The smallest absolute Gasteiger partial charge is 0.267 e. The predicted molar refractivity (Wildman–Crippen MR) is 112 cm³/mol. The van der Waals surface area contributed by atoms with Crippen LogP contribution in [0.2, 0.25) is 0 Å². The molecule has 0 aliphatic carbocycles. The van der Waals surface area contributed by atoms with Crippen LogP contribution in [0.1, 0.15) is 71.7 Å². The molecule has 5 heteroatoms. The second-order valence-corrected chi connectivity index (χ2v) is 9.08. The number of aryl methyl sites for hydroxylation is 2. The second-order valence-electron chi connectivity index (χ2n) is 8.14. The summed E-state index contributed by atoms with van der Waals surface area (Å²) in [5.74, 6) is -0.620. The summed E-state index contributed by atoms with van der Waals surface area (Å²) in [5, 5.41) is 3.06. The molecule has 0 saturated heterocycles. The Morgan fingerprint density at radius 1 is 1.11 bits per heavy atom. The molecule has 0 aliphatic rings. The van der Waals surface area contributed by atoms with Gasteiger partial charge in [0.15, 0.2) is 0 Å². The fourth-order valence-corrected chi connectivity index (χ4v) is 3.74. The zero-order chi connectivity index (χ0) is 20.2. The molecule has 2 rings (SSSR count). The first-order valence-electron chi connectivity index (χ1n) is 9.40. The highest BCUT2D eigenvalue weighted by Gasteiger charge is 2.32. The summed E-state index contributed by atoms with van der Waals surface area (Å²) in [7, 11) is 0. The highest BCUT2D eigenvalue weighted by Crippen LogP contribution is 2.25. The monoisotopic (exact) mass is 386 g/mol. The number of hydrogen-bond donors (Lipinski definition) is 1. The third kappa shape index (κ3) is 5.50. The van der Waals surface area contributed by atoms with Crippen LogP contribution in [0.25, 0.3) is 0 Å². The standard InChI is InChI=1S/C22H30N2O2S/c1-7-9-19(22(4,5)6)23-24(21(26)18-10-8-11-27-18)20(25)17-13-15(2)12-16(3)14-17/h8,10-14,19,23H,7,9H2,1-6H3/t19-/m0/s1. The van der Waals surface area contributed by atoms with E-state index in [0.717, 1.165) is 24.0 Å². The molecule has 0 radical (unpaired) electrons. The topological polar surface area (TPSA) is 49.4 Å². The number of nitrogens with one attached hydrogen (secondary N) is 1. The van der Waals surface area contributed by atoms with Crippen molar-refractivity contribution in [3.05, 3.63) is 57.3 Å². The molecule has 1 N–H and O–H groups in total. The molecule has 0 bridgehead atoms. The number of imide groups is 1. The molecule has 0 spiro atoms. The van der Waals surface area contributed by atoms with Crippen LogP contribution in [0.15, 0.2) is 35.7 Å². The lowest BCUT2D eigenvalue weighted by Crippen LogP contribution is -2.55. The number of thiophene rings is 1. The van der Waals surface area contributed by atoms with Gasteiger partial charge >= 0.3 is 0 Å². The number of nitrogens with zero attached hydrogens (tertiary/aromatic N) is 1. The summed E-state index contributed by atoms with van der Waals surface area (Å²) in [6.45, 7) is 12.4. The van der Waals surface area contributed by atoms with E-state index in [1.165, 1.54) is 16.3 Å². The number of amides is 2. The average molecular weight is 387 g/mol. The minimum atomic E-state index is -0.314. The number of hydrogen-bond acceptors (Lipinski definition) is 4. The number of hydrazine groups is 1. The summed E-state index contributed by atoms with van der Waals surface area (Å²) in [4.78, 5) is 27.0. The number of benzene rings is 1. The summed E-state index contributed by atoms with van der Waals surface area (Å²) in [5.41, 5.74) is 5.70. The van der Waals surface area contributed by atoms with E-state index in [0.29, 0.717) is 10.4 Å². The van der Waals surface area contributed by atoms with Crippen LogP contribution >= 0.6 is 11.3 Å². The van der Waals surface area contributed by atoms with Gasteiger partial charge in [0.1, 0.15) is 0 Å². The lowest BCUT2D eigenvalue weighted by atomic mass is 9.84. The van der Waals surface area contributed by atoms with E-state index < -0.39 is 0 Å². The molecule has 1 aromatic carbocycles. The van der Waals surface area contributed by atoms with Gasteiger partial charge in [-0.05, 0) is 49.3 Å². The molecular weight excluding hydrogens is 356 g/mol. The number of carbonyl (C=O) groups is 2. The van der Waals surface area contributed by atoms with Gasteiger partial charge in [-0.2, -0.15) is 0 Å². The largest absolute Gasteiger partial charge is 0.285 e. The van der Waals surface area contributed by atoms with Gasteiger partial charge in [-0.25, -0.2) is 10.4 Å². The highest BCUT2D eigenvalue weighted by molar-refractivity contribution is 7.12. The van der Waals surface area contributed by atoms with Crippen molar-refractivity contribution in [3.8, 4) is 0 Å². The Bertz CT molecular complexity index is 771. The van der Waals surface area contributed by atoms with E-state index in [-0.39, 0.29) is 23.3 Å². The summed E-state index contributed by atoms with van der Waals surface area (Å²) in [6.07, 6.45) is 1.84. The van der Waals surface area contributed by atoms with Crippen molar-refractivity contribution in [2.24, 2.45) is 5.41 Å². The normalized spacial score (nSPS) is 12.7. The maximum Gasteiger partial charge on any atom is 0.285 e. The lowest BCUT2D eigenvalue weighted by molar-refractivity contribution is 0.0428. The van der Waals surface area contributed by atoms with Gasteiger partial charge in [-0.15, -0.1) is 11.3 Å². The van der Waals surface area contributed by atoms with Crippen LogP contribution in [-0.2, 0) is 0 Å². The Morgan fingerprint density at radius 3 is 2.22 bits per heavy atom. The molecule has 2 amide bonds. The molecule has 1 atom stereocenters. The van der Waals surface area contributed by atoms with Gasteiger partial charge in [0, 0.05) is 11.6 Å². The third-order valence-corrected chi connectivity index (χ3v) is 5.37. The second kappa shape index (κ2) is 8.81. The first-order chi connectivity index (χ1) is 12.6. The van der Waals surface area contributed by atoms with Crippen LogP contribution in [0.5, 0.6) is 0 Å². The molecule has 0 aliphatic heterocycles. The van der Waals surface area contributed by atoms with Crippen molar-refractivity contribution in [3.63, 3.8) is 0 Å². The molecule has 0 fully saturated rings. The first-order valence-corrected chi connectivity index (χ1v) is 10.3. The fourth-order valence-electron chi connectivity index (χ4n) is 3.08. The van der Waals surface area contributed by atoms with Gasteiger partial charge < -0.3 is 0 Å². The third-order valence-electron chi connectivity index (χ3n) is 4.51. The molecule has 27 heavy (non-hydrogen) atoms. The maximum atomic E-state index is 13.3. The zero-order valence-corrected chi connectivity index (χ0v) is 17.9. The molecule has 2 aromatic rings. The van der Waals surface area contributed by atoms with E-state index in [2.05, 4.69) is 33.1 Å². The van der Waals surface area contributed by atoms with E-state index in [9.17, 15) is 9.59 Å². The summed E-state index contributed by atoms with van der Waals surface area (Å²) < 4.78 is 0. The Balaban J connectivity index is 2.42. The van der Waals surface area contributed by atoms with Crippen molar-refractivity contribution in [1.82, 2.24) is 10.4 Å². The summed E-state index contributed by atoms with van der Waals surface area (Å²) >= 11 is 1.34. The van der Waals surface area contributed by atoms with Crippen molar-refractivity contribution >= 4 is 23.2 Å². The van der Waals surface area contributed by atoms with Crippen molar-refractivity contribution in [2.75, 3.05) is 0 Å². The summed E-state index contributed by atoms with van der Waals surface area (Å²) in [6, 6.07) is 9.26. The van der Waals surface area contributed by atoms with Crippen molar-refractivity contribution in [2.45, 2.75) is 60.4 Å². The van der Waals surface area contributed by atoms with Gasteiger partial charge in [-0.1, -0.05) is 57.4 Å². The number of rotatable bonds is 6. The molecule has 1 heterocycles. The minimum Gasteiger partial charge on any atom is -0.267 e. The van der Waals surface area contributed by atoms with E-state index in [1.807, 2.05) is 43.5 Å². The van der Waals surface area contributed by atoms with Crippen LogP contribution < -0.4 is 5.43 Å². The fraction of sp³-hybridized carbons (Fsp3) is 0.455. The Hall–Kier alpha value is -1.98. The zero-order valence-electron chi connectivity index (χ0n) is 17.1.